The van der Waals surface area contributed by atoms with Crippen LogP contribution >= 0.6 is 23.4 Å². The molecule has 2 aromatic heterocycles. The topological polar surface area (TPSA) is 68.1 Å². The summed E-state index contributed by atoms with van der Waals surface area (Å²) in [6.07, 6.45) is 2.19. The number of aromatic nitrogens is 3. The molecule has 0 aliphatic carbocycles. The molecule has 0 saturated carbocycles. The minimum Gasteiger partial charge on any atom is -0.436 e. The van der Waals surface area contributed by atoms with Crippen LogP contribution in [0.1, 0.15) is 27.9 Å². The number of rotatable bonds is 5. The van der Waals surface area contributed by atoms with E-state index >= 15 is 0 Å². The van der Waals surface area contributed by atoms with Crippen LogP contribution < -0.4 is 4.74 Å². The van der Waals surface area contributed by atoms with E-state index in [1.54, 1.807) is 30.1 Å². The second-order valence-corrected chi connectivity index (χ2v) is 9.08. The van der Waals surface area contributed by atoms with E-state index in [0.717, 1.165) is 33.0 Å². The minimum absolute atomic E-state index is 0.131. The first-order valence-corrected chi connectivity index (χ1v) is 11.7. The highest BCUT2D eigenvalue weighted by Crippen LogP contribution is 2.43. The number of aliphatic hydroxyl groups excluding tert-OH is 1. The van der Waals surface area contributed by atoms with E-state index in [2.05, 4.69) is 9.97 Å². The number of benzene rings is 2. The lowest BCUT2D eigenvalue weighted by Gasteiger charge is -2.24. The lowest BCUT2D eigenvalue weighted by Crippen LogP contribution is -2.13. The van der Waals surface area contributed by atoms with E-state index in [4.69, 9.17) is 21.3 Å². The summed E-state index contributed by atoms with van der Waals surface area (Å²) < 4.78 is 19.7. The van der Waals surface area contributed by atoms with Gasteiger partial charge in [0.15, 0.2) is 11.6 Å². The van der Waals surface area contributed by atoms with Gasteiger partial charge < -0.3 is 9.84 Å². The van der Waals surface area contributed by atoms with Gasteiger partial charge in [0.25, 0.3) is 0 Å². The van der Waals surface area contributed by atoms with Gasteiger partial charge in [0.05, 0.1) is 17.9 Å². The molecule has 0 spiro atoms. The molecule has 0 saturated heterocycles. The molecule has 4 aromatic rings. The third kappa shape index (κ3) is 4.44. The van der Waals surface area contributed by atoms with Crippen molar-refractivity contribution in [1.29, 1.82) is 0 Å². The Labute approximate surface area is 199 Å². The van der Waals surface area contributed by atoms with Crippen LogP contribution in [0.2, 0.25) is 5.02 Å². The van der Waals surface area contributed by atoms with Crippen LogP contribution in [0.15, 0.2) is 59.8 Å². The second kappa shape index (κ2) is 9.09. The van der Waals surface area contributed by atoms with Crippen molar-refractivity contribution >= 4 is 23.4 Å². The van der Waals surface area contributed by atoms with Gasteiger partial charge in [0, 0.05) is 40.1 Å². The van der Waals surface area contributed by atoms with Crippen molar-refractivity contribution in [3.05, 3.63) is 93.5 Å². The summed E-state index contributed by atoms with van der Waals surface area (Å²) in [7, 11) is 0. The van der Waals surface area contributed by atoms with Crippen LogP contribution in [-0.4, -0.2) is 20.1 Å². The predicted octanol–water partition coefficient (Wildman–Crippen LogP) is 6.12. The van der Waals surface area contributed by atoms with Gasteiger partial charge >= 0.3 is 0 Å². The maximum Gasteiger partial charge on any atom is 0.227 e. The monoisotopic (exact) mass is 479 g/mol. The number of fused-ring (bicyclic) bond motifs is 2. The second-order valence-electron chi connectivity index (χ2n) is 7.68. The van der Waals surface area contributed by atoms with Crippen molar-refractivity contribution in [3.8, 4) is 23.0 Å². The quantitative estimate of drug-likeness (QED) is 0.242. The largest absolute Gasteiger partial charge is 0.436 e. The Morgan fingerprint density at radius 1 is 1.12 bits per heavy atom. The average Bonchev–Trinajstić information content (AvgIpc) is 2.82. The number of nitrogens with zero attached hydrogens (tertiary/aromatic N) is 3. The summed E-state index contributed by atoms with van der Waals surface area (Å²) in [4.78, 5) is 13.8. The smallest absolute Gasteiger partial charge is 0.227 e. The van der Waals surface area contributed by atoms with Crippen molar-refractivity contribution in [2.24, 2.45) is 0 Å². The van der Waals surface area contributed by atoms with E-state index < -0.39 is 0 Å². The first kappa shape index (κ1) is 21.8. The Morgan fingerprint density at radius 3 is 2.70 bits per heavy atom. The third-order valence-corrected chi connectivity index (χ3v) is 6.75. The zero-order chi connectivity index (χ0) is 22.9. The number of halogens is 2. The van der Waals surface area contributed by atoms with Gasteiger partial charge in [0.2, 0.25) is 5.88 Å². The Kier molecular flexibility index (Phi) is 6.01. The summed E-state index contributed by atoms with van der Waals surface area (Å²) in [5, 5.41) is 11.3. The van der Waals surface area contributed by atoms with Gasteiger partial charge in [-0.15, -0.1) is 11.8 Å². The molecule has 0 atom stereocenters. The first-order chi connectivity index (χ1) is 16.0. The van der Waals surface area contributed by atoms with Crippen molar-refractivity contribution in [2.45, 2.75) is 30.7 Å². The van der Waals surface area contributed by atoms with Crippen molar-refractivity contribution in [3.63, 3.8) is 0 Å². The number of thioether (sulfide) groups is 1. The average molecular weight is 480 g/mol. The fraction of sp³-hybridized carbons (Fsp3) is 0.160. The standard InChI is InChI=1S/C25H19ClFN3O2S/c1-14-22-20(17(12-31)11-28-14)10-21-24(32-22)29-23(16-5-7-19(27)8-6-16)30-25(21)33-13-15-3-2-4-18(26)9-15/h2-9,11,31H,10,12-13H2,1H3. The number of hydrogen-bond donors (Lipinski definition) is 1. The molecule has 1 N–H and O–H groups in total. The lowest BCUT2D eigenvalue weighted by molar-refractivity contribution is 0.278. The summed E-state index contributed by atoms with van der Waals surface area (Å²) in [6, 6.07) is 13.8. The van der Waals surface area contributed by atoms with Crippen LogP contribution in [0.4, 0.5) is 4.39 Å². The van der Waals surface area contributed by atoms with Gasteiger partial charge in [-0.3, -0.25) is 4.98 Å². The van der Waals surface area contributed by atoms with Crippen LogP contribution in [0.25, 0.3) is 11.4 Å². The van der Waals surface area contributed by atoms with E-state index in [0.29, 0.717) is 40.2 Å². The molecule has 33 heavy (non-hydrogen) atoms. The molecule has 0 fully saturated rings. The summed E-state index contributed by atoms with van der Waals surface area (Å²) in [6.45, 7) is 1.73. The highest BCUT2D eigenvalue weighted by atomic mass is 35.5. The number of aliphatic hydroxyl groups is 1. The molecular weight excluding hydrogens is 461 g/mol. The SMILES string of the molecule is Cc1ncc(CO)c2c1Oc1nc(-c3ccc(F)cc3)nc(SCc3cccc(Cl)c3)c1C2. The molecule has 8 heteroatoms. The Morgan fingerprint density at radius 2 is 1.94 bits per heavy atom. The lowest BCUT2D eigenvalue weighted by atomic mass is 9.99. The molecule has 5 nitrogen and oxygen atoms in total. The molecule has 0 unspecified atom stereocenters. The van der Waals surface area contributed by atoms with Crippen molar-refractivity contribution < 1.29 is 14.2 Å². The molecule has 5 rings (SSSR count). The van der Waals surface area contributed by atoms with E-state index in [-0.39, 0.29) is 12.4 Å². The first-order valence-electron chi connectivity index (χ1n) is 10.3. The molecule has 1 aliphatic rings. The Balaban J connectivity index is 1.59. The zero-order valence-electron chi connectivity index (χ0n) is 17.7. The van der Waals surface area contributed by atoms with Crippen LogP contribution in [0.5, 0.6) is 11.6 Å². The maximum atomic E-state index is 13.5. The fourth-order valence-corrected chi connectivity index (χ4v) is 4.90. The van der Waals surface area contributed by atoms with Gasteiger partial charge in [-0.2, -0.15) is 4.98 Å². The fourth-order valence-electron chi connectivity index (χ4n) is 3.72. The van der Waals surface area contributed by atoms with Crippen LogP contribution in [-0.2, 0) is 18.8 Å². The van der Waals surface area contributed by atoms with Crippen molar-refractivity contribution in [1.82, 2.24) is 15.0 Å². The number of aryl methyl sites for hydroxylation is 1. The van der Waals surface area contributed by atoms with E-state index in [9.17, 15) is 9.50 Å². The molecule has 1 aliphatic heterocycles. The van der Waals surface area contributed by atoms with Crippen molar-refractivity contribution in [2.75, 3.05) is 0 Å². The summed E-state index contributed by atoms with van der Waals surface area (Å²) >= 11 is 7.71. The zero-order valence-corrected chi connectivity index (χ0v) is 19.3. The molecule has 166 valence electrons. The highest BCUT2D eigenvalue weighted by molar-refractivity contribution is 7.98. The molecule has 2 aromatic carbocycles. The summed E-state index contributed by atoms with van der Waals surface area (Å²) in [5.74, 6) is 1.85. The van der Waals surface area contributed by atoms with Gasteiger partial charge in [-0.1, -0.05) is 23.7 Å². The normalized spacial score (nSPS) is 12.1. The van der Waals surface area contributed by atoms with E-state index in [1.807, 2.05) is 31.2 Å². The molecule has 0 radical (unpaired) electrons. The van der Waals surface area contributed by atoms with Gasteiger partial charge in [-0.05, 0) is 48.9 Å². The number of ether oxygens (including phenoxy) is 1. The molecule has 0 bridgehead atoms. The third-order valence-electron chi connectivity index (χ3n) is 5.43. The molecular formula is C25H19ClFN3O2S. The van der Waals surface area contributed by atoms with Gasteiger partial charge in [0.1, 0.15) is 10.8 Å². The maximum absolute atomic E-state index is 13.5. The van der Waals surface area contributed by atoms with E-state index in [1.165, 1.54) is 12.1 Å². The van der Waals surface area contributed by atoms with Crippen LogP contribution in [0, 0.1) is 12.7 Å². The van der Waals surface area contributed by atoms with Gasteiger partial charge in [-0.25, -0.2) is 9.37 Å². The highest BCUT2D eigenvalue weighted by Gasteiger charge is 2.27. The minimum atomic E-state index is -0.323. The van der Waals surface area contributed by atoms with Crippen LogP contribution in [0.3, 0.4) is 0 Å². The predicted molar refractivity (Wildman–Crippen MR) is 126 cm³/mol. The summed E-state index contributed by atoms with van der Waals surface area (Å²) in [5.41, 5.74) is 4.94. The number of hydrogen-bond acceptors (Lipinski definition) is 6. The molecule has 0 amide bonds. The number of pyridine rings is 1. The molecule has 3 heterocycles. The Bertz CT molecular complexity index is 1350. The Hall–Kier alpha value is -3.00.